The number of thiazole rings is 1. The van der Waals surface area contributed by atoms with Crippen LogP contribution in [0.2, 0.25) is 0 Å². The minimum atomic E-state index is -0.652. The van der Waals surface area contributed by atoms with Gasteiger partial charge in [-0.15, -0.1) is 11.3 Å². The van der Waals surface area contributed by atoms with E-state index < -0.39 is 17.5 Å². The van der Waals surface area contributed by atoms with E-state index in [4.69, 9.17) is 0 Å². The maximum atomic E-state index is 13.3. The van der Waals surface area contributed by atoms with Crippen molar-refractivity contribution in [3.63, 3.8) is 0 Å². The molecule has 0 radical (unpaired) electrons. The summed E-state index contributed by atoms with van der Waals surface area (Å²) in [6.07, 6.45) is 6.18. The Morgan fingerprint density at radius 3 is 2.70 bits per heavy atom. The SMILES string of the molecule is Cn1ccnc1C(NC(=O)c1cnc2sccn2c1=O)c1ccc(F)cc1. The van der Waals surface area contributed by atoms with Gasteiger partial charge in [0.05, 0.1) is 0 Å². The van der Waals surface area contributed by atoms with Crippen molar-refractivity contribution >= 4 is 22.2 Å². The number of aromatic nitrogens is 4. The van der Waals surface area contributed by atoms with Gasteiger partial charge in [0, 0.05) is 37.2 Å². The van der Waals surface area contributed by atoms with Crippen LogP contribution in [0.3, 0.4) is 0 Å². The van der Waals surface area contributed by atoms with Gasteiger partial charge in [-0.3, -0.25) is 14.0 Å². The molecule has 1 amide bonds. The van der Waals surface area contributed by atoms with Crippen LogP contribution in [0, 0.1) is 5.82 Å². The van der Waals surface area contributed by atoms with Crippen LogP contribution < -0.4 is 10.9 Å². The van der Waals surface area contributed by atoms with Gasteiger partial charge in [-0.1, -0.05) is 12.1 Å². The van der Waals surface area contributed by atoms with E-state index >= 15 is 0 Å². The summed E-state index contributed by atoms with van der Waals surface area (Å²) >= 11 is 1.31. The second kappa shape index (κ2) is 6.76. The molecule has 0 aliphatic carbocycles. The van der Waals surface area contributed by atoms with Gasteiger partial charge in [-0.2, -0.15) is 0 Å². The van der Waals surface area contributed by atoms with Crippen LogP contribution in [0.1, 0.15) is 27.8 Å². The van der Waals surface area contributed by atoms with E-state index in [-0.39, 0.29) is 11.4 Å². The lowest BCUT2D eigenvalue weighted by atomic mass is 10.1. The van der Waals surface area contributed by atoms with Crippen LogP contribution in [0.15, 0.2) is 59.2 Å². The second-order valence-corrected chi connectivity index (χ2v) is 6.76. The number of fused-ring (bicyclic) bond motifs is 1. The Bertz CT molecular complexity index is 1180. The molecule has 0 saturated carbocycles. The second-order valence-electron chi connectivity index (χ2n) is 5.89. The van der Waals surface area contributed by atoms with Crippen LogP contribution in [-0.4, -0.2) is 24.8 Å². The number of nitrogens with one attached hydrogen (secondary N) is 1. The summed E-state index contributed by atoms with van der Waals surface area (Å²) in [5.41, 5.74) is 0.118. The zero-order valence-electron chi connectivity index (χ0n) is 14.2. The number of rotatable bonds is 4. The van der Waals surface area contributed by atoms with E-state index in [9.17, 15) is 14.0 Å². The molecule has 1 unspecified atom stereocenters. The monoisotopic (exact) mass is 383 g/mol. The first-order valence-corrected chi connectivity index (χ1v) is 8.91. The van der Waals surface area contributed by atoms with Crippen LogP contribution in [0.25, 0.3) is 4.96 Å². The highest BCUT2D eigenvalue weighted by Gasteiger charge is 2.23. The molecule has 3 heterocycles. The van der Waals surface area contributed by atoms with E-state index in [1.165, 1.54) is 34.1 Å². The molecule has 0 fully saturated rings. The summed E-state index contributed by atoms with van der Waals surface area (Å²) in [5, 5.41) is 4.54. The number of carbonyl (C=O) groups excluding carboxylic acids is 1. The molecule has 0 bridgehead atoms. The smallest absolute Gasteiger partial charge is 0.271 e. The molecule has 1 N–H and O–H groups in total. The lowest BCUT2D eigenvalue weighted by Crippen LogP contribution is -2.35. The first-order valence-electron chi connectivity index (χ1n) is 8.03. The number of amides is 1. The number of halogens is 1. The number of carbonyl (C=O) groups is 1. The van der Waals surface area contributed by atoms with Crippen LogP contribution in [-0.2, 0) is 7.05 Å². The highest BCUT2D eigenvalue weighted by Crippen LogP contribution is 2.21. The predicted octanol–water partition coefficient (Wildman–Crippen LogP) is 2.15. The quantitative estimate of drug-likeness (QED) is 0.586. The summed E-state index contributed by atoms with van der Waals surface area (Å²) in [6, 6.07) is 5.11. The fraction of sp³-hybridized carbons (Fsp3) is 0.111. The van der Waals surface area contributed by atoms with Crippen molar-refractivity contribution in [3.05, 3.63) is 87.6 Å². The van der Waals surface area contributed by atoms with Gasteiger partial charge in [0.2, 0.25) is 0 Å². The van der Waals surface area contributed by atoms with Gasteiger partial charge >= 0.3 is 0 Å². The fourth-order valence-electron chi connectivity index (χ4n) is 2.80. The van der Waals surface area contributed by atoms with Crippen molar-refractivity contribution in [2.24, 2.45) is 7.05 Å². The van der Waals surface area contributed by atoms with Gasteiger partial charge in [0.15, 0.2) is 4.96 Å². The molecule has 0 aliphatic heterocycles. The maximum absolute atomic E-state index is 13.3. The molecule has 0 aliphatic rings. The van der Waals surface area contributed by atoms with E-state index in [0.717, 1.165) is 0 Å². The highest BCUT2D eigenvalue weighted by molar-refractivity contribution is 7.15. The third-order valence-electron chi connectivity index (χ3n) is 4.18. The number of aryl methyl sites for hydroxylation is 1. The molecule has 136 valence electrons. The number of benzene rings is 1. The molecule has 3 aromatic heterocycles. The van der Waals surface area contributed by atoms with Crippen LogP contribution >= 0.6 is 11.3 Å². The maximum Gasteiger partial charge on any atom is 0.271 e. The zero-order valence-corrected chi connectivity index (χ0v) is 15.0. The standard InChI is InChI=1S/C18H14FN5O2S/c1-23-7-6-20-15(23)14(11-2-4-12(19)5-3-11)22-16(25)13-10-21-18-24(17(13)26)8-9-27-18/h2-10,14H,1H3,(H,22,25). The van der Waals surface area contributed by atoms with Crippen molar-refractivity contribution in [2.75, 3.05) is 0 Å². The zero-order chi connectivity index (χ0) is 19.0. The Hall–Kier alpha value is -3.33. The Labute approximate surface area is 156 Å². The first kappa shape index (κ1) is 17.1. The van der Waals surface area contributed by atoms with Crippen molar-refractivity contribution in [1.82, 2.24) is 24.3 Å². The average molecular weight is 383 g/mol. The summed E-state index contributed by atoms with van der Waals surface area (Å²) in [7, 11) is 1.79. The normalized spacial score (nSPS) is 12.2. The number of hydrogen-bond donors (Lipinski definition) is 1. The van der Waals surface area contributed by atoms with Gasteiger partial charge in [0.1, 0.15) is 23.2 Å². The summed E-state index contributed by atoms with van der Waals surface area (Å²) in [4.78, 5) is 34.3. The van der Waals surface area contributed by atoms with Gasteiger partial charge < -0.3 is 9.88 Å². The van der Waals surface area contributed by atoms with Gasteiger partial charge in [0.25, 0.3) is 11.5 Å². The molecule has 0 spiro atoms. The summed E-state index contributed by atoms with van der Waals surface area (Å²) in [6.45, 7) is 0. The van der Waals surface area contributed by atoms with Gasteiger partial charge in [-0.25, -0.2) is 14.4 Å². The molecule has 0 saturated heterocycles. The van der Waals surface area contributed by atoms with Crippen molar-refractivity contribution in [3.8, 4) is 0 Å². The highest BCUT2D eigenvalue weighted by atomic mass is 32.1. The fourth-order valence-corrected chi connectivity index (χ4v) is 3.47. The number of imidazole rings is 1. The number of hydrogen-bond acceptors (Lipinski definition) is 5. The average Bonchev–Trinajstić information content (AvgIpc) is 3.30. The Morgan fingerprint density at radius 2 is 2.00 bits per heavy atom. The van der Waals surface area contributed by atoms with E-state index in [2.05, 4.69) is 15.3 Å². The Morgan fingerprint density at radius 1 is 1.22 bits per heavy atom. The van der Waals surface area contributed by atoms with E-state index in [1.54, 1.807) is 47.7 Å². The van der Waals surface area contributed by atoms with E-state index in [1.807, 2.05) is 0 Å². The van der Waals surface area contributed by atoms with Crippen molar-refractivity contribution < 1.29 is 9.18 Å². The molecule has 4 aromatic rings. The Balaban J connectivity index is 1.73. The molecule has 27 heavy (non-hydrogen) atoms. The third-order valence-corrected chi connectivity index (χ3v) is 4.95. The molecular weight excluding hydrogens is 369 g/mol. The molecular formula is C18H14FN5O2S. The lowest BCUT2D eigenvalue weighted by molar-refractivity contribution is 0.0939. The Kier molecular flexibility index (Phi) is 4.28. The van der Waals surface area contributed by atoms with Crippen LogP contribution in [0.4, 0.5) is 4.39 Å². The predicted molar refractivity (Wildman–Crippen MR) is 98.3 cm³/mol. The number of nitrogens with zero attached hydrogens (tertiary/aromatic N) is 4. The minimum Gasteiger partial charge on any atom is -0.338 e. The topological polar surface area (TPSA) is 81.3 Å². The molecule has 4 rings (SSSR count). The molecule has 9 heteroatoms. The minimum absolute atomic E-state index is 0.0766. The largest absolute Gasteiger partial charge is 0.338 e. The van der Waals surface area contributed by atoms with E-state index in [0.29, 0.717) is 16.3 Å². The van der Waals surface area contributed by atoms with Crippen molar-refractivity contribution in [1.29, 1.82) is 0 Å². The molecule has 1 atom stereocenters. The lowest BCUT2D eigenvalue weighted by Gasteiger charge is -2.19. The summed E-state index contributed by atoms with van der Waals surface area (Å²) < 4.78 is 16.4. The van der Waals surface area contributed by atoms with Gasteiger partial charge in [-0.05, 0) is 17.7 Å². The summed E-state index contributed by atoms with van der Waals surface area (Å²) in [5.74, 6) is -0.404. The third kappa shape index (κ3) is 3.13. The molecule has 7 nitrogen and oxygen atoms in total. The first-order chi connectivity index (χ1) is 13.0. The van der Waals surface area contributed by atoms with Crippen LogP contribution in [0.5, 0.6) is 0 Å². The van der Waals surface area contributed by atoms with Crippen molar-refractivity contribution in [2.45, 2.75) is 6.04 Å². The molecule has 1 aromatic carbocycles.